The molecule has 4 amide bonds. The maximum Gasteiger partial charge on any atom is 0.412 e. The number of allylic oxidation sites excluding steroid dienone is 2. The number of pyridine rings is 1. The molecule has 3 N–H and O–H groups in total. The Morgan fingerprint density at radius 2 is 1.85 bits per heavy atom. The van der Waals surface area contributed by atoms with Gasteiger partial charge in [0.05, 0.1) is 11.8 Å². The average Bonchev–Trinajstić information content (AvgIpc) is 3.48. The first-order valence-corrected chi connectivity index (χ1v) is 17.6. The summed E-state index contributed by atoms with van der Waals surface area (Å²) in [6, 6.07) is 1.35. The van der Waals surface area contributed by atoms with Crippen molar-refractivity contribution in [3.05, 3.63) is 54.6 Å². The Kier molecular flexibility index (Phi) is 10.5. The van der Waals surface area contributed by atoms with Gasteiger partial charge in [0.1, 0.15) is 17.6 Å². The molecule has 0 radical (unpaired) electrons. The molecule has 4 aliphatic rings. The lowest BCUT2D eigenvalue weighted by atomic mass is 9.99. The molecule has 3 fully saturated rings. The second-order valence-corrected chi connectivity index (χ2v) is 14.3. The molecular weight excluding hydrogens is 612 g/mol. The van der Waals surface area contributed by atoms with Crippen LogP contribution in [0.15, 0.2) is 49.0 Å². The standard InChI is InChI=1S/C32H44N6O7S/c1-22(2)45-31(42)34-25-14-7-5-3-4-6-13-24-20-32(24,35-28(39)27-16-11-18-37(27)29(25)40)30(41)36-46(43,44)38-19-9-8-15-26(38)23-12-10-17-33-21-23/h6,10,12-13,17,21,24-27H,1,3-5,7-9,11,14-16,18-20H2,2H3,(H,34,42)(H,35,39)(H,36,41)/b13-6-/t24-,25+,26?,27+,32-/m1/s1. The number of alkyl carbamates (subject to hydrolysis) is 1. The van der Waals surface area contributed by atoms with Crippen molar-refractivity contribution < 1.29 is 32.3 Å². The third-order valence-corrected chi connectivity index (χ3v) is 10.7. The number of carbonyl (C=O) groups is 4. The number of amides is 4. The lowest BCUT2D eigenvalue weighted by molar-refractivity contribution is -0.141. The van der Waals surface area contributed by atoms with Crippen LogP contribution in [0, 0.1) is 5.92 Å². The average molecular weight is 657 g/mol. The fourth-order valence-electron chi connectivity index (χ4n) is 6.79. The summed E-state index contributed by atoms with van der Waals surface area (Å²) in [4.78, 5) is 59.4. The fourth-order valence-corrected chi connectivity index (χ4v) is 8.25. The van der Waals surface area contributed by atoms with Crippen molar-refractivity contribution >= 4 is 34.0 Å². The van der Waals surface area contributed by atoms with Gasteiger partial charge in [0.15, 0.2) is 0 Å². The van der Waals surface area contributed by atoms with Gasteiger partial charge < -0.3 is 20.3 Å². The molecule has 5 atom stereocenters. The number of fused-ring (bicyclic) bond motifs is 2. The van der Waals surface area contributed by atoms with E-state index in [0.29, 0.717) is 51.5 Å². The molecule has 0 aromatic carbocycles. The van der Waals surface area contributed by atoms with Crippen molar-refractivity contribution in [2.45, 2.75) is 101 Å². The second-order valence-electron chi connectivity index (χ2n) is 12.7. The molecule has 14 heteroatoms. The molecule has 1 aromatic heterocycles. The Morgan fingerprint density at radius 3 is 2.61 bits per heavy atom. The highest BCUT2D eigenvalue weighted by molar-refractivity contribution is 7.87. The van der Waals surface area contributed by atoms with Crippen molar-refractivity contribution in [2.75, 3.05) is 13.1 Å². The van der Waals surface area contributed by atoms with Gasteiger partial charge in [0.2, 0.25) is 11.8 Å². The SMILES string of the molecule is C=C(C)OC(=O)N[C@H]1CCCCC/C=C\[C@@H]2C[C@@]2(C(=O)NS(=O)(=O)N2CCCCC2c2cccnc2)NC(=O)[C@@H]2CCCN2C1=O. The van der Waals surface area contributed by atoms with Gasteiger partial charge >= 0.3 is 16.3 Å². The molecular formula is C32H44N6O7S. The molecule has 1 aliphatic carbocycles. The van der Waals surface area contributed by atoms with E-state index in [1.165, 1.54) is 16.1 Å². The van der Waals surface area contributed by atoms with Crippen LogP contribution in [0.2, 0.25) is 0 Å². The molecule has 0 bridgehead atoms. The number of nitrogens with one attached hydrogen (secondary N) is 3. The van der Waals surface area contributed by atoms with Gasteiger partial charge in [-0.3, -0.25) is 19.4 Å². The van der Waals surface area contributed by atoms with E-state index < -0.39 is 63.6 Å². The lowest BCUT2D eigenvalue weighted by Gasteiger charge is -2.35. The van der Waals surface area contributed by atoms with E-state index in [0.717, 1.165) is 24.8 Å². The zero-order valence-electron chi connectivity index (χ0n) is 26.3. The molecule has 3 aliphatic heterocycles. The Morgan fingerprint density at radius 1 is 1.07 bits per heavy atom. The first-order chi connectivity index (χ1) is 22.0. The maximum absolute atomic E-state index is 13.9. The van der Waals surface area contributed by atoms with Crippen molar-refractivity contribution in [3.63, 3.8) is 0 Å². The number of ether oxygens (including phenoxy) is 1. The van der Waals surface area contributed by atoms with Gasteiger partial charge in [-0.1, -0.05) is 44.1 Å². The summed E-state index contributed by atoms with van der Waals surface area (Å²) < 4.78 is 36.1. The van der Waals surface area contributed by atoms with E-state index in [4.69, 9.17) is 4.74 Å². The highest BCUT2D eigenvalue weighted by Crippen LogP contribution is 2.46. The highest BCUT2D eigenvalue weighted by Gasteiger charge is 2.61. The first-order valence-electron chi connectivity index (χ1n) is 16.2. The summed E-state index contributed by atoms with van der Waals surface area (Å²) in [7, 11) is -4.27. The summed E-state index contributed by atoms with van der Waals surface area (Å²) in [5, 5.41) is 5.50. The van der Waals surface area contributed by atoms with Crippen LogP contribution in [-0.4, -0.2) is 77.1 Å². The minimum Gasteiger partial charge on any atom is -0.416 e. The van der Waals surface area contributed by atoms with Crippen LogP contribution in [0.1, 0.15) is 89.2 Å². The Labute approximate surface area is 270 Å². The van der Waals surface area contributed by atoms with Crippen molar-refractivity contribution in [1.82, 2.24) is 29.5 Å². The number of aromatic nitrogens is 1. The molecule has 1 unspecified atom stereocenters. The fraction of sp³-hybridized carbons (Fsp3) is 0.594. The van der Waals surface area contributed by atoms with Gasteiger partial charge in [0, 0.05) is 31.4 Å². The van der Waals surface area contributed by atoms with Gasteiger partial charge in [-0.05, 0) is 69.9 Å². The lowest BCUT2D eigenvalue weighted by Crippen LogP contribution is -2.59. The molecule has 13 nitrogen and oxygen atoms in total. The van der Waals surface area contributed by atoms with E-state index in [1.54, 1.807) is 18.5 Å². The number of hydrogen-bond acceptors (Lipinski definition) is 8. The van der Waals surface area contributed by atoms with Gasteiger partial charge in [-0.15, -0.1) is 0 Å². The summed E-state index contributed by atoms with van der Waals surface area (Å²) >= 11 is 0. The van der Waals surface area contributed by atoms with Crippen LogP contribution in [0.3, 0.4) is 0 Å². The van der Waals surface area contributed by atoms with E-state index in [-0.39, 0.29) is 18.7 Å². The number of carbonyl (C=O) groups excluding carboxylic acids is 4. The van der Waals surface area contributed by atoms with Crippen LogP contribution in [0.25, 0.3) is 0 Å². The smallest absolute Gasteiger partial charge is 0.412 e. The van der Waals surface area contributed by atoms with Crippen molar-refractivity contribution in [2.24, 2.45) is 5.92 Å². The molecule has 4 heterocycles. The topological polar surface area (TPSA) is 167 Å². The van der Waals surface area contributed by atoms with Crippen LogP contribution in [0.5, 0.6) is 0 Å². The van der Waals surface area contributed by atoms with Crippen LogP contribution >= 0.6 is 0 Å². The number of nitrogens with zero attached hydrogens (tertiary/aromatic N) is 3. The summed E-state index contributed by atoms with van der Waals surface area (Å²) in [5.74, 6) is -1.94. The van der Waals surface area contributed by atoms with Crippen molar-refractivity contribution in [3.8, 4) is 0 Å². The van der Waals surface area contributed by atoms with E-state index >= 15 is 0 Å². The summed E-state index contributed by atoms with van der Waals surface area (Å²) in [6.07, 6.45) is 12.9. The Balaban J connectivity index is 1.36. The molecule has 1 saturated carbocycles. The zero-order chi connectivity index (χ0) is 32.9. The molecule has 5 rings (SSSR count). The second kappa shape index (κ2) is 14.3. The molecule has 1 aromatic rings. The predicted molar refractivity (Wildman–Crippen MR) is 169 cm³/mol. The van der Waals surface area contributed by atoms with Crippen LogP contribution < -0.4 is 15.4 Å². The predicted octanol–water partition coefficient (Wildman–Crippen LogP) is 2.98. The largest absolute Gasteiger partial charge is 0.416 e. The minimum atomic E-state index is -4.27. The Hall–Kier alpha value is -3.78. The number of piperidine rings is 1. The maximum atomic E-state index is 13.9. The number of hydrogen-bond donors (Lipinski definition) is 3. The number of rotatable bonds is 6. The molecule has 0 spiro atoms. The van der Waals surface area contributed by atoms with Crippen molar-refractivity contribution in [1.29, 1.82) is 0 Å². The first kappa shape index (κ1) is 33.6. The summed E-state index contributed by atoms with van der Waals surface area (Å²) in [6.45, 7) is 5.66. The van der Waals surface area contributed by atoms with E-state index in [9.17, 15) is 27.6 Å². The third-order valence-electron chi connectivity index (χ3n) is 9.25. The summed E-state index contributed by atoms with van der Waals surface area (Å²) in [5.41, 5.74) is -0.722. The molecule has 250 valence electrons. The van der Waals surface area contributed by atoms with Crippen LogP contribution in [-0.2, 0) is 29.3 Å². The quantitative estimate of drug-likeness (QED) is 0.310. The highest BCUT2D eigenvalue weighted by atomic mass is 32.2. The van der Waals surface area contributed by atoms with Gasteiger partial charge in [-0.25, -0.2) is 9.52 Å². The minimum absolute atomic E-state index is 0.185. The monoisotopic (exact) mass is 656 g/mol. The normalized spacial score (nSPS) is 30.0. The van der Waals surface area contributed by atoms with E-state index in [1.807, 2.05) is 18.2 Å². The van der Waals surface area contributed by atoms with Crippen LogP contribution in [0.4, 0.5) is 4.79 Å². The van der Waals surface area contributed by atoms with Gasteiger partial charge in [0.25, 0.3) is 5.91 Å². The third kappa shape index (κ3) is 7.60. The molecule has 2 saturated heterocycles. The van der Waals surface area contributed by atoms with Gasteiger partial charge in [-0.2, -0.15) is 12.7 Å². The molecule has 46 heavy (non-hydrogen) atoms. The zero-order valence-corrected chi connectivity index (χ0v) is 27.1. The van der Waals surface area contributed by atoms with E-state index in [2.05, 4.69) is 26.9 Å². The Bertz CT molecular complexity index is 1470.